The van der Waals surface area contributed by atoms with E-state index >= 15 is 0 Å². The maximum absolute atomic E-state index is 11.4. The van der Waals surface area contributed by atoms with Gasteiger partial charge in [-0.05, 0) is 0 Å². The summed E-state index contributed by atoms with van der Waals surface area (Å²) in [5.74, 6) is 1.87. The Kier molecular flexibility index (Phi) is 5.29. The largest absolute Gasteiger partial charge is 0.396 e. The number of aliphatic hydroxyl groups excluding tert-OH is 2. The third-order valence-corrected chi connectivity index (χ3v) is 3.24. The van der Waals surface area contributed by atoms with Crippen molar-refractivity contribution >= 4 is 17.7 Å². The molecular weight excluding hydrogens is 202 g/mol. The van der Waals surface area contributed by atoms with E-state index in [0.29, 0.717) is 13.0 Å². The highest BCUT2D eigenvalue weighted by Gasteiger charge is 2.28. The van der Waals surface area contributed by atoms with Gasteiger partial charge in [-0.15, -0.1) is 0 Å². The van der Waals surface area contributed by atoms with E-state index in [1.165, 1.54) is 0 Å². The molecule has 1 aliphatic heterocycles. The first-order chi connectivity index (χ1) is 6.77. The van der Waals surface area contributed by atoms with Gasteiger partial charge >= 0.3 is 0 Å². The van der Waals surface area contributed by atoms with Gasteiger partial charge in [0.05, 0.1) is 6.61 Å². The number of carbonyl (C=O) groups excluding carboxylic acids is 1. The van der Waals surface area contributed by atoms with Crippen molar-refractivity contribution in [1.82, 2.24) is 4.90 Å². The fraction of sp³-hybridized carbons (Fsp3) is 0.889. The molecular formula is C9H17NO3S. The molecule has 2 N–H and O–H groups in total. The van der Waals surface area contributed by atoms with Gasteiger partial charge in [0, 0.05) is 43.5 Å². The minimum Gasteiger partial charge on any atom is -0.396 e. The Morgan fingerprint density at radius 2 is 2.21 bits per heavy atom. The van der Waals surface area contributed by atoms with Crippen LogP contribution in [0.25, 0.3) is 0 Å². The van der Waals surface area contributed by atoms with E-state index < -0.39 is 0 Å². The smallest absolute Gasteiger partial charge is 0.223 e. The SMILES string of the molecule is O=C1CC(CO)CN1CCSCCO. The van der Waals surface area contributed by atoms with Gasteiger partial charge in [-0.3, -0.25) is 4.79 Å². The molecule has 0 aromatic rings. The average Bonchev–Trinajstić information content (AvgIpc) is 2.54. The molecule has 1 amide bonds. The molecule has 1 saturated heterocycles. The van der Waals surface area contributed by atoms with Crippen molar-refractivity contribution in [1.29, 1.82) is 0 Å². The van der Waals surface area contributed by atoms with Gasteiger partial charge in [0.15, 0.2) is 0 Å². The Labute approximate surface area is 88.3 Å². The van der Waals surface area contributed by atoms with Gasteiger partial charge in [-0.25, -0.2) is 0 Å². The van der Waals surface area contributed by atoms with Crippen LogP contribution < -0.4 is 0 Å². The Bertz CT molecular complexity index is 189. The molecule has 0 aromatic heterocycles. The molecule has 4 nitrogen and oxygen atoms in total. The molecule has 0 aliphatic carbocycles. The number of rotatable bonds is 6. The summed E-state index contributed by atoms with van der Waals surface area (Å²) in [6, 6.07) is 0. The molecule has 0 saturated carbocycles. The quantitative estimate of drug-likeness (QED) is 0.594. The first-order valence-corrected chi connectivity index (χ1v) is 6.00. The molecule has 14 heavy (non-hydrogen) atoms. The van der Waals surface area contributed by atoms with E-state index in [4.69, 9.17) is 10.2 Å². The summed E-state index contributed by atoms with van der Waals surface area (Å²) in [4.78, 5) is 13.2. The molecule has 0 spiro atoms. The van der Waals surface area contributed by atoms with Gasteiger partial charge in [0.1, 0.15) is 0 Å². The molecule has 82 valence electrons. The number of hydrogen-bond donors (Lipinski definition) is 2. The van der Waals surface area contributed by atoms with Crippen LogP contribution in [0.1, 0.15) is 6.42 Å². The zero-order valence-electron chi connectivity index (χ0n) is 8.19. The molecule has 1 heterocycles. The highest BCUT2D eigenvalue weighted by molar-refractivity contribution is 7.99. The monoisotopic (exact) mass is 219 g/mol. The van der Waals surface area contributed by atoms with E-state index in [1.54, 1.807) is 16.7 Å². The molecule has 0 bridgehead atoms. The van der Waals surface area contributed by atoms with Crippen LogP contribution in [0.5, 0.6) is 0 Å². The molecule has 1 unspecified atom stereocenters. The van der Waals surface area contributed by atoms with Crippen LogP contribution in [0.3, 0.4) is 0 Å². The topological polar surface area (TPSA) is 60.8 Å². The first kappa shape index (κ1) is 11.8. The van der Waals surface area contributed by atoms with Crippen molar-refractivity contribution in [2.45, 2.75) is 6.42 Å². The van der Waals surface area contributed by atoms with Crippen LogP contribution in [0.15, 0.2) is 0 Å². The minimum absolute atomic E-state index is 0.103. The molecule has 0 aromatic carbocycles. The number of nitrogens with zero attached hydrogens (tertiary/aromatic N) is 1. The average molecular weight is 219 g/mol. The molecule has 1 aliphatic rings. The van der Waals surface area contributed by atoms with Gasteiger partial charge in [0.2, 0.25) is 5.91 Å². The van der Waals surface area contributed by atoms with Gasteiger partial charge in [0.25, 0.3) is 0 Å². The molecule has 1 fully saturated rings. The standard InChI is InChI=1S/C9H17NO3S/c11-2-4-14-3-1-10-6-8(7-12)5-9(10)13/h8,11-12H,1-7H2. The second kappa shape index (κ2) is 6.27. The highest BCUT2D eigenvalue weighted by Crippen LogP contribution is 2.17. The maximum atomic E-state index is 11.4. The Hall–Kier alpha value is -0.260. The third-order valence-electron chi connectivity index (χ3n) is 2.29. The van der Waals surface area contributed by atoms with Crippen LogP contribution >= 0.6 is 11.8 Å². The predicted molar refractivity (Wildman–Crippen MR) is 56.2 cm³/mol. The zero-order valence-corrected chi connectivity index (χ0v) is 9.00. The molecule has 0 radical (unpaired) electrons. The van der Waals surface area contributed by atoms with Crippen LogP contribution in [0.2, 0.25) is 0 Å². The number of thioether (sulfide) groups is 1. The van der Waals surface area contributed by atoms with Crippen molar-refractivity contribution in [3.8, 4) is 0 Å². The summed E-state index contributed by atoms with van der Waals surface area (Å²) in [6.45, 7) is 1.72. The minimum atomic E-state index is 0.103. The number of hydrogen-bond acceptors (Lipinski definition) is 4. The van der Waals surface area contributed by atoms with Gasteiger partial charge in [-0.2, -0.15) is 11.8 Å². The van der Waals surface area contributed by atoms with Crippen molar-refractivity contribution < 1.29 is 15.0 Å². The Morgan fingerprint density at radius 1 is 1.43 bits per heavy atom. The summed E-state index contributed by atoms with van der Waals surface area (Å²) >= 11 is 1.64. The van der Waals surface area contributed by atoms with E-state index in [1.807, 2.05) is 0 Å². The lowest BCUT2D eigenvalue weighted by Gasteiger charge is -2.15. The van der Waals surface area contributed by atoms with Crippen molar-refractivity contribution in [3.63, 3.8) is 0 Å². The van der Waals surface area contributed by atoms with Gasteiger partial charge in [-0.1, -0.05) is 0 Å². The van der Waals surface area contributed by atoms with Crippen molar-refractivity contribution in [3.05, 3.63) is 0 Å². The summed E-state index contributed by atoms with van der Waals surface area (Å²) in [5, 5.41) is 17.4. The Balaban J connectivity index is 2.15. The number of amides is 1. The normalized spacial score (nSPS) is 22.0. The van der Waals surface area contributed by atoms with E-state index in [0.717, 1.165) is 18.1 Å². The fourth-order valence-corrected chi connectivity index (χ4v) is 2.22. The first-order valence-electron chi connectivity index (χ1n) is 4.85. The summed E-state index contributed by atoms with van der Waals surface area (Å²) in [5.41, 5.74) is 0. The summed E-state index contributed by atoms with van der Waals surface area (Å²) in [7, 11) is 0. The van der Waals surface area contributed by atoms with Crippen molar-refractivity contribution in [2.75, 3.05) is 37.8 Å². The molecule has 5 heteroatoms. The van der Waals surface area contributed by atoms with Crippen LogP contribution in [0, 0.1) is 5.92 Å². The van der Waals surface area contributed by atoms with E-state index in [9.17, 15) is 4.79 Å². The number of likely N-dealkylation sites (tertiary alicyclic amines) is 1. The molecule has 1 atom stereocenters. The maximum Gasteiger partial charge on any atom is 0.223 e. The zero-order chi connectivity index (χ0) is 10.4. The van der Waals surface area contributed by atoms with Crippen LogP contribution in [-0.4, -0.2) is 58.8 Å². The fourth-order valence-electron chi connectivity index (χ4n) is 1.53. The highest BCUT2D eigenvalue weighted by atomic mass is 32.2. The Morgan fingerprint density at radius 3 is 2.79 bits per heavy atom. The van der Waals surface area contributed by atoms with E-state index in [-0.39, 0.29) is 25.0 Å². The lowest BCUT2D eigenvalue weighted by Crippen LogP contribution is -2.28. The van der Waals surface area contributed by atoms with Gasteiger partial charge < -0.3 is 15.1 Å². The number of aliphatic hydroxyl groups is 2. The third kappa shape index (κ3) is 3.48. The van der Waals surface area contributed by atoms with E-state index in [2.05, 4.69) is 0 Å². The van der Waals surface area contributed by atoms with Crippen LogP contribution in [-0.2, 0) is 4.79 Å². The summed E-state index contributed by atoms with van der Waals surface area (Å²) in [6.07, 6.45) is 0.487. The summed E-state index contributed by atoms with van der Waals surface area (Å²) < 4.78 is 0. The predicted octanol–water partition coefficient (Wildman–Crippen LogP) is -0.447. The lowest BCUT2D eigenvalue weighted by molar-refractivity contribution is -0.127. The second-order valence-corrected chi connectivity index (χ2v) is 4.65. The lowest BCUT2D eigenvalue weighted by atomic mass is 10.1. The van der Waals surface area contributed by atoms with Crippen LogP contribution in [0.4, 0.5) is 0 Å². The van der Waals surface area contributed by atoms with Crippen molar-refractivity contribution in [2.24, 2.45) is 5.92 Å². The molecule has 1 rings (SSSR count). The number of carbonyl (C=O) groups is 1. The second-order valence-electron chi connectivity index (χ2n) is 3.43.